The van der Waals surface area contributed by atoms with Crippen LogP contribution in [0, 0.1) is 13.8 Å². The summed E-state index contributed by atoms with van der Waals surface area (Å²) in [6.07, 6.45) is 0. The number of anilines is 1. The molecule has 23 heavy (non-hydrogen) atoms. The van der Waals surface area contributed by atoms with Crippen LogP contribution in [0.25, 0.3) is 5.65 Å². The van der Waals surface area contributed by atoms with Crippen molar-refractivity contribution in [1.29, 1.82) is 0 Å². The molecule has 6 heteroatoms. The van der Waals surface area contributed by atoms with Crippen molar-refractivity contribution in [3.63, 3.8) is 0 Å². The third-order valence-electron chi connectivity index (χ3n) is 3.11. The van der Waals surface area contributed by atoms with E-state index in [-0.39, 0.29) is 0 Å². The van der Waals surface area contributed by atoms with E-state index in [2.05, 4.69) is 15.4 Å². The lowest BCUT2D eigenvalue weighted by atomic mass is 10.3. The molecule has 3 rings (SSSR count). The van der Waals surface area contributed by atoms with Crippen molar-refractivity contribution >= 4 is 34.8 Å². The van der Waals surface area contributed by atoms with Gasteiger partial charge in [0.15, 0.2) is 11.5 Å². The van der Waals surface area contributed by atoms with E-state index in [0.29, 0.717) is 0 Å². The number of aryl methyl sites for hydroxylation is 2. The lowest BCUT2D eigenvalue weighted by molar-refractivity contribution is 0.887. The highest BCUT2D eigenvalue weighted by molar-refractivity contribution is 7.99. The van der Waals surface area contributed by atoms with Gasteiger partial charge in [-0.25, -0.2) is 9.50 Å². The van der Waals surface area contributed by atoms with Crippen molar-refractivity contribution in [2.45, 2.75) is 37.5 Å². The summed E-state index contributed by atoms with van der Waals surface area (Å²) >= 11 is 7.68. The van der Waals surface area contributed by atoms with E-state index in [0.717, 1.165) is 37.7 Å². The molecule has 0 aliphatic heterocycles. The van der Waals surface area contributed by atoms with Crippen molar-refractivity contribution in [2.24, 2.45) is 0 Å². The zero-order valence-electron chi connectivity index (χ0n) is 14.0. The maximum Gasteiger partial charge on any atom is 0.171 e. The molecule has 2 heterocycles. The summed E-state index contributed by atoms with van der Waals surface area (Å²) in [5, 5.41) is 8.45. The SMILES string of the molecule is CC.CNc1nn2c(C)cc(C)nc2c1Sc1cccc(Cl)c1. The Labute approximate surface area is 146 Å². The Morgan fingerprint density at radius 2 is 1.91 bits per heavy atom. The van der Waals surface area contributed by atoms with Gasteiger partial charge in [-0.2, -0.15) is 0 Å². The molecule has 0 aliphatic carbocycles. The fourth-order valence-corrected chi connectivity index (χ4v) is 3.49. The first kappa shape index (κ1) is 17.6. The molecular weight excluding hydrogens is 328 g/mol. The normalized spacial score (nSPS) is 10.3. The fourth-order valence-electron chi connectivity index (χ4n) is 2.21. The molecule has 0 fully saturated rings. The first-order valence-electron chi connectivity index (χ1n) is 7.56. The molecule has 1 N–H and O–H groups in total. The summed E-state index contributed by atoms with van der Waals surface area (Å²) in [4.78, 5) is 6.70. The van der Waals surface area contributed by atoms with Gasteiger partial charge in [-0.15, -0.1) is 5.10 Å². The minimum atomic E-state index is 0.725. The van der Waals surface area contributed by atoms with Gasteiger partial charge >= 0.3 is 0 Å². The van der Waals surface area contributed by atoms with E-state index in [9.17, 15) is 0 Å². The minimum absolute atomic E-state index is 0.725. The number of halogens is 1. The summed E-state index contributed by atoms with van der Waals surface area (Å²) in [5.41, 5.74) is 2.91. The van der Waals surface area contributed by atoms with Crippen LogP contribution in [-0.4, -0.2) is 21.6 Å². The van der Waals surface area contributed by atoms with Gasteiger partial charge in [0.05, 0.1) is 0 Å². The Morgan fingerprint density at radius 3 is 2.57 bits per heavy atom. The molecule has 2 aromatic heterocycles. The van der Waals surface area contributed by atoms with E-state index >= 15 is 0 Å². The Bertz CT molecular complexity index is 814. The van der Waals surface area contributed by atoms with E-state index in [1.165, 1.54) is 0 Å². The molecule has 1 aromatic carbocycles. The van der Waals surface area contributed by atoms with Gasteiger partial charge in [-0.1, -0.05) is 43.3 Å². The first-order chi connectivity index (χ1) is 11.1. The third kappa shape index (κ3) is 3.79. The average Bonchev–Trinajstić information content (AvgIpc) is 2.88. The summed E-state index contributed by atoms with van der Waals surface area (Å²) in [6, 6.07) is 9.81. The summed E-state index contributed by atoms with van der Waals surface area (Å²) in [7, 11) is 1.87. The van der Waals surface area contributed by atoms with Crippen molar-refractivity contribution in [1.82, 2.24) is 14.6 Å². The van der Waals surface area contributed by atoms with Gasteiger partial charge < -0.3 is 5.32 Å². The summed E-state index contributed by atoms with van der Waals surface area (Å²) in [6.45, 7) is 8.02. The van der Waals surface area contributed by atoms with E-state index in [4.69, 9.17) is 11.6 Å². The van der Waals surface area contributed by atoms with Crippen LogP contribution >= 0.6 is 23.4 Å². The third-order valence-corrected chi connectivity index (χ3v) is 4.41. The number of hydrogen-bond donors (Lipinski definition) is 1. The maximum absolute atomic E-state index is 6.06. The van der Waals surface area contributed by atoms with Crippen LogP contribution in [0.15, 0.2) is 40.1 Å². The standard InChI is InChI=1S/C15H15ClN4S.C2H6/c1-9-7-10(2)20-15(18-9)13(14(17-3)19-20)21-12-6-4-5-11(16)8-12;1-2/h4-8H,1-3H3,(H,17,19);1-2H3. The van der Waals surface area contributed by atoms with Crippen LogP contribution in [0.3, 0.4) is 0 Å². The Hall–Kier alpha value is -1.72. The van der Waals surface area contributed by atoms with Crippen LogP contribution in [-0.2, 0) is 0 Å². The number of benzene rings is 1. The van der Waals surface area contributed by atoms with Crippen molar-refractivity contribution < 1.29 is 0 Å². The van der Waals surface area contributed by atoms with Gasteiger partial charge in [0.25, 0.3) is 0 Å². The molecule has 0 aliphatic rings. The number of nitrogens with one attached hydrogen (secondary N) is 1. The van der Waals surface area contributed by atoms with Crippen LogP contribution in [0.5, 0.6) is 0 Å². The van der Waals surface area contributed by atoms with Crippen LogP contribution in [0.2, 0.25) is 5.02 Å². The average molecular weight is 349 g/mol. The number of fused-ring (bicyclic) bond motifs is 1. The van der Waals surface area contributed by atoms with Gasteiger partial charge in [-0.05, 0) is 38.1 Å². The molecule has 0 saturated carbocycles. The number of nitrogens with zero attached hydrogens (tertiary/aromatic N) is 3. The highest BCUT2D eigenvalue weighted by Crippen LogP contribution is 2.37. The largest absolute Gasteiger partial charge is 0.371 e. The fraction of sp³-hybridized carbons (Fsp3) is 0.294. The number of hydrogen-bond acceptors (Lipinski definition) is 4. The predicted octanol–water partition coefficient (Wildman–Crippen LogP) is 5.22. The number of rotatable bonds is 3. The molecule has 0 atom stereocenters. The molecule has 0 amide bonds. The second kappa shape index (κ2) is 7.70. The molecule has 0 bridgehead atoms. The molecule has 0 saturated heterocycles. The molecule has 4 nitrogen and oxygen atoms in total. The van der Waals surface area contributed by atoms with E-state index < -0.39 is 0 Å². The van der Waals surface area contributed by atoms with Crippen LogP contribution in [0.1, 0.15) is 25.2 Å². The van der Waals surface area contributed by atoms with Crippen molar-refractivity contribution in [3.8, 4) is 0 Å². The zero-order valence-corrected chi connectivity index (χ0v) is 15.6. The molecule has 122 valence electrons. The summed E-state index contributed by atoms with van der Waals surface area (Å²) in [5.74, 6) is 0.821. The van der Waals surface area contributed by atoms with E-state index in [1.54, 1.807) is 11.8 Å². The Balaban J connectivity index is 0.000000924. The summed E-state index contributed by atoms with van der Waals surface area (Å²) < 4.78 is 1.87. The quantitative estimate of drug-likeness (QED) is 0.704. The predicted molar refractivity (Wildman–Crippen MR) is 98.9 cm³/mol. The number of aromatic nitrogens is 3. The van der Waals surface area contributed by atoms with Crippen LogP contribution in [0.4, 0.5) is 5.82 Å². The molecule has 0 unspecified atom stereocenters. The minimum Gasteiger partial charge on any atom is -0.371 e. The molecule has 3 aromatic rings. The van der Waals surface area contributed by atoms with Gasteiger partial charge in [0.2, 0.25) is 0 Å². The highest BCUT2D eigenvalue weighted by atomic mass is 35.5. The molecule has 0 spiro atoms. The van der Waals surface area contributed by atoms with Gasteiger partial charge in [0, 0.05) is 28.4 Å². The maximum atomic E-state index is 6.06. The lowest BCUT2D eigenvalue weighted by Gasteiger charge is -2.04. The Kier molecular flexibility index (Phi) is 5.91. The first-order valence-corrected chi connectivity index (χ1v) is 8.76. The van der Waals surface area contributed by atoms with Crippen molar-refractivity contribution in [2.75, 3.05) is 12.4 Å². The topological polar surface area (TPSA) is 42.2 Å². The molecular formula is C17H21ClN4S. The zero-order chi connectivity index (χ0) is 17.0. The van der Waals surface area contributed by atoms with Gasteiger partial charge in [-0.3, -0.25) is 0 Å². The monoisotopic (exact) mass is 348 g/mol. The highest BCUT2D eigenvalue weighted by Gasteiger charge is 2.16. The van der Waals surface area contributed by atoms with Crippen LogP contribution < -0.4 is 5.32 Å². The smallest absolute Gasteiger partial charge is 0.171 e. The Morgan fingerprint density at radius 1 is 1.17 bits per heavy atom. The second-order valence-electron chi connectivity index (χ2n) is 4.76. The van der Waals surface area contributed by atoms with E-state index in [1.807, 2.05) is 69.6 Å². The van der Waals surface area contributed by atoms with Crippen molar-refractivity contribution in [3.05, 3.63) is 46.7 Å². The lowest BCUT2D eigenvalue weighted by Crippen LogP contribution is -1.97. The van der Waals surface area contributed by atoms with Gasteiger partial charge in [0.1, 0.15) is 4.90 Å². The second-order valence-corrected chi connectivity index (χ2v) is 6.28. The molecule has 0 radical (unpaired) electrons.